The number of rotatable bonds is 3. The van der Waals surface area contributed by atoms with Crippen molar-refractivity contribution >= 4 is 15.9 Å². The van der Waals surface area contributed by atoms with Crippen LogP contribution in [0.5, 0.6) is 5.75 Å². The third kappa shape index (κ3) is 1.95. The minimum atomic E-state index is 0.596. The molecule has 12 heavy (non-hydrogen) atoms. The van der Waals surface area contributed by atoms with Gasteiger partial charge in [-0.2, -0.15) is 0 Å². The summed E-state index contributed by atoms with van der Waals surface area (Å²) in [6.45, 7) is 0.596. The summed E-state index contributed by atoms with van der Waals surface area (Å²) in [6.07, 6.45) is 2.48. The summed E-state index contributed by atoms with van der Waals surface area (Å²) in [5.41, 5.74) is 6.36. The fourth-order valence-electron chi connectivity index (χ4n) is 0.936. The van der Waals surface area contributed by atoms with Gasteiger partial charge < -0.3 is 10.5 Å². The number of nitrogens with two attached hydrogens (primary N) is 1. The third-order valence-corrected chi connectivity index (χ3v) is 2.38. The number of methoxy groups -OCH3 is 1. The molecule has 0 atom stereocenters. The lowest BCUT2D eigenvalue weighted by Gasteiger charge is -2.06. The molecule has 0 amide bonds. The highest BCUT2D eigenvalue weighted by Crippen LogP contribution is 2.26. The molecule has 1 aromatic rings. The standard InChI is InChI=1S/C8H11BrN2O/c1-12-7-3-5-11-6(2-4-10)8(7)9/h3,5H,2,4,10H2,1H3. The SMILES string of the molecule is COc1ccnc(CCN)c1Br. The number of hydrogen-bond acceptors (Lipinski definition) is 3. The number of halogens is 1. The van der Waals surface area contributed by atoms with Gasteiger partial charge in [-0.25, -0.2) is 0 Å². The van der Waals surface area contributed by atoms with Crippen LogP contribution in [-0.4, -0.2) is 18.6 Å². The Bertz CT molecular complexity index is 265. The minimum absolute atomic E-state index is 0.596. The minimum Gasteiger partial charge on any atom is -0.495 e. The summed E-state index contributed by atoms with van der Waals surface area (Å²) in [5, 5.41) is 0. The van der Waals surface area contributed by atoms with Gasteiger partial charge in [0.25, 0.3) is 0 Å². The highest BCUT2D eigenvalue weighted by molar-refractivity contribution is 9.10. The van der Waals surface area contributed by atoms with Gasteiger partial charge in [-0.3, -0.25) is 4.98 Å². The first kappa shape index (κ1) is 9.48. The van der Waals surface area contributed by atoms with Crippen LogP contribution >= 0.6 is 15.9 Å². The van der Waals surface area contributed by atoms with Crippen LogP contribution in [0.4, 0.5) is 0 Å². The molecule has 0 aliphatic heterocycles. The first-order valence-electron chi connectivity index (χ1n) is 3.67. The van der Waals surface area contributed by atoms with Crippen molar-refractivity contribution in [3.8, 4) is 5.75 Å². The highest BCUT2D eigenvalue weighted by atomic mass is 79.9. The van der Waals surface area contributed by atoms with Crippen molar-refractivity contribution < 1.29 is 4.74 Å². The summed E-state index contributed by atoms with van der Waals surface area (Å²) in [5.74, 6) is 0.799. The molecule has 2 N–H and O–H groups in total. The van der Waals surface area contributed by atoms with E-state index in [2.05, 4.69) is 20.9 Å². The van der Waals surface area contributed by atoms with E-state index in [0.29, 0.717) is 6.54 Å². The Morgan fingerprint density at radius 3 is 3.00 bits per heavy atom. The Balaban J connectivity index is 2.97. The van der Waals surface area contributed by atoms with Gasteiger partial charge in [0.1, 0.15) is 5.75 Å². The van der Waals surface area contributed by atoms with Gasteiger partial charge in [0, 0.05) is 12.6 Å². The van der Waals surface area contributed by atoms with Crippen LogP contribution in [-0.2, 0) is 6.42 Å². The second kappa shape index (κ2) is 4.42. The Morgan fingerprint density at radius 2 is 2.42 bits per heavy atom. The number of nitrogens with zero attached hydrogens (tertiary/aromatic N) is 1. The third-order valence-electron chi connectivity index (χ3n) is 1.53. The van der Waals surface area contributed by atoms with Gasteiger partial charge in [0.05, 0.1) is 17.3 Å². The number of aromatic nitrogens is 1. The van der Waals surface area contributed by atoms with Gasteiger partial charge >= 0.3 is 0 Å². The highest BCUT2D eigenvalue weighted by Gasteiger charge is 2.05. The molecule has 66 valence electrons. The van der Waals surface area contributed by atoms with Gasteiger partial charge in [-0.15, -0.1) is 0 Å². The second-order valence-electron chi connectivity index (χ2n) is 2.31. The molecule has 3 nitrogen and oxygen atoms in total. The summed E-state index contributed by atoms with van der Waals surface area (Å²) >= 11 is 3.40. The summed E-state index contributed by atoms with van der Waals surface area (Å²) in [4.78, 5) is 4.17. The van der Waals surface area contributed by atoms with Crippen molar-refractivity contribution in [2.24, 2.45) is 5.73 Å². The molecule has 0 saturated heterocycles. The molecule has 4 heteroatoms. The summed E-state index contributed by atoms with van der Waals surface area (Å²) < 4.78 is 6.01. The molecule has 1 aromatic heterocycles. The molecular weight excluding hydrogens is 220 g/mol. The van der Waals surface area contributed by atoms with Crippen molar-refractivity contribution in [3.05, 3.63) is 22.4 Å². The largest absolute Gasteiger partial charge is 0.495 e. The quantitative estimate of drug-likeness (QED) is 0.854. The van der Waals surface area contributed by atoms with E-state index < -0.39 is 0 Å². The second-order valence-corrected chi connectivity index (χ2v) is 3.11. The van der Waals surface area contributed by atoms with Crippen molar-refractivity contribution in [2.45, 2.75) is 6.42 Å². The van der Waals surface area contributed by atoms with Crippen LogP contribution in [0, 0.1) is 0 Å². The molecule has 0 radical (unpaired) electrons. The molecule has 0 fully saturated rings. The van der Waals surface area contributed by atoms with Crippen LogP contribution in [0.15, 0.2) is 16.7 Å². The predicted octanol–water partition coefficient (Wildman–Crippen LogP) is 1.35. The Kier molecular flexibility index (Phi) is 3.49. The maximum absolute atomic E-state index is 5.42. The Labute approximate surface area is 80.1 Å². The summed E-state index contributed by atoms with van der Waals surface area (Å²) in [7, 11) is 1.63. The van der Waals surface area contributed by atoms with Crippen molar-refractivity contribution in [2.75, 3.05) is 13.7 Å². The fourth-order valence-corrected chi connectivity index (χ4v) is 1.53. The van der Waals surface area contributed by atoms with E-state index in [1.807, 2.05) is 6.07 Å². The van der Waals surface area contributed by atoms with Crippen molar-refractivity contribution in [3.63, 3.8) is 0 Å². The topological polar surface area (TPSA) is 48.1 Å². The Morgan fingerprint density at radius 1 is 1.67 bits per heavy atom. The van der Waals surface area contributed by atoms with Crippen LogP contribution in [0.25, 0.3) is 0 Å². The first-order chi connectivity index (χ1) is 5.79. The molecular formula is C8H11BrN2O. The molecule has 0 unspecified atom stereocenters. The van der Waals surface area contributed by atoms with Crippen LogP contribution < -0.4 is 10.5 Å². The van der Waals surface area contributed by atoms with E-state index in [-0.39, 0.29) is 0 Å². The number of ether oxygens (including phenoxy) is 1. The van der Waals surface area contributed by atoms with Crippen molar-refractivity contribution in [1.82, 2.24) is 4.98 Å². The first-order valence-corrected chi connectivity index (χ1v) is 4.46. The van der Waals surface area contributed by atoms with Crippen molar-refractivity contribution in [1.29, 1.82) is 0 Å². The molecule has 1 rings (SSSR count). The molecule has 1 heterocycles. The predicted molar refractivity (Wildman–Crippen MR) is 51.2 cm³/mol. The lowest BCUT2D eigenvalue weighted by Crippen LogP contribution is -2.05. The lowest BCUT2D eigenvalue weighted by atomic mass is 10.2. The van der Waals surface area contributed by atoms with Crippen LogP contribution in [0.1, 0.15) is 5.69 Å². The summed E-state index contributed by atoms with van der Waals surface area (Å²) in [6, 6.07) is 1.81. The average molecular weight is 231 g/mol. The zero-order valence-electron chi connectivity index (χ0n) is 6.88. The number of hydrogen-bond donors (Lipinski definition) is 1. The van der Waals surface area contributed by atoms with Gasteiger partial charge in [0.15, 0.2) is 0 Å². The fraction of sp³-hybridized carbons (Fsp3) is 0.375. The lowest BCUT2D eigenvalue weighted by molar-refractivity contribution is 0.410. The maximum atomic E-state index is 5.42. The van der Waals surface area contributed by atoms with E-state index in [1.165, 1.54) is 0 Å². The smallest absolute Gasteiger partial charge is 0.136 e. The van der Waals surface area contributed by atoms with E-state index in [0.717, 1.165) is 22.3 Å². The van der Waals surface area contributed by atoms with E-state index >= 15 is 0 Å². The van der Waals surface area contributed by atoms with Gasteiger partial charge in [-0.1, -0.05) is 0 Å². The number of pyridine rings is 1. The monoisotopic (exact) mass is 230 g/mol. The normalized spacial score (nSPS) is 9.92. The van der Waals surface area contributed by atoms with E-state index in [9.17, 15) is 0 Å². The Hall–Kier alpha value is -0.610. The van der Waals surface area contributed by atoms with Crippen LogP contribution in [0.2, 0.25) is 0 Å². The molecule has 0 spiro atoms. The maximum Gasteiger partial charge on any atom is 0.136 e. The molecule has 0 aromatic carbocycles. The zero-order chi connectivity index (χ0) is 8.97. The molecule has 0 aliphatic rings. The van der Waals surface area contributed by atoms with Gasteiger partial charge in [0.2, 0.25) is 0 Å². The average Bonchev–Trinajstić information content (AvgIpc) is 2.09. The van der Waals surface area contributed by atoms with Gasteiger partial charge in [-0.05, 0) is 28.5 Å². The van der Waals surface area contributed by atoms with E-state index in [4.69, 9.17) is 10.5 Å². The van der Waals surface area contributed by atoms with Crippen LogP contribution in [0.3, 0.4) is 0 Å². The molecule has 0 saturated carbocycles. The molecule has 0 bridgehead atoms. The molecule has 0 aliphatic carbocycles. The zero-order valence-corrected chi connectivity index (χ0v) is 8.47. The van der Waals surface area contributed by atoms with E-state index in [1.54, 1.807) is 13.3 Å².